The number of phosphoric acid groups is 1. The number of rotatable bonds is 3. The molecular weight excluding hydrogens is 437 g/mol. The van der Waals surface area contributed by atoms with Gasteiger partial charge in [0.05, 0.1) is 6.61 Å². The number of fused-ring (bicyclic) bond motifs is 2. The quantitative estimate of drug-likeness (QED) is 0.409. The van der Waals surface area contributed by atoms with E-state index in [-0.39, 0.29) is 23.7 Å². The zero-order chi connectivity index (χ0) is 21.0. The van der Waals surface area contributed by atoms with Crippen LogP contribution >= 0.6 is 19.6 Å². The fourth-order valence-electron chi connectivity index (χ4n) is 3.43. The summed E-state index contributed by atoms with van der Waals surface area (Å²) in [6, 6.07) is 9.25. The van der Waals surface area contributed by atoms with Gasteiger partial charge in [-0.1, -0.05) is 30.0 Å². The van der Waals surface area contributed by atoms with Gasteiger partial charge in [0.2, 0.25) is 5.95 Å². The molecule has 0 radical (unpaired) electrons. The largest absolute Gasteiger partial charge is 0.472 e. The minimum absolute atomic E-state index is 0.0123. The highest BCUT2D eigenvalue weighted by atomic mass is 32.2. The molecule has 3 aromatic rings. The van der Waals surface area contributed by atoms with Gasteiger partial charge in [0.1, 0.15) is 18.3 Å². The van der Waals surface area contributed by atoms with Gasteiger partial charge < -0.3 is 20.5 Å². The number of nitrogens with one attached hydrogen (secondary N) is 1. The molecule has 14 heteroatoms. The van der Waals surface area contributed by atoms with E-state index >= 15 is 0 Å². The number of nitrogen functional groups attached to an aromatic ring is 1. The number of ether oxygens (including phenoxy) is 1. The van der Waals surface area contributed by atoms with Gasteiger partial charge >= 0.3 is 7.82 Å². The first-order valence-electron chi connectivity index (χ1n) is 8.82. The van der Waals surface area contributed by atoms with Crippen molar-refractivity contribution >= 4 is 36.7 Å². The van der Waals surface area contributed by atoms with Crippen LogP contribution in [-0.2, 0) is 18.3 Å². The number of imidazole rings is 1. The molecule has 0 spiro atoms. The van der Waals surface area contributed by atoms with Crippen molar-refractivity contribution in [2.24, 2.45) is 0 Å². The molecular formula is C16H16N5O7PS. The fraction of sp³-hybridized carbons (Fsp3) is 0.312. The highest BCUT2D eigenvalue weighted by Gasteiger charge is 2.53. The average molecular weight is 453 g/mol. The van der Waals surface area contributed by atoms with Crippen LogP contribution in [0.15, 0.2) is 45.2 Å². The molecule has 0 bridgehead atoms. The second-order valence-electron chi connectivity index (χ2n) is 6.69. The Morgan fingerprint density at radius 1 is 1.30 bits per heavy atom. The number of nitrogens with two attached hydrogens (primary N) is 1. The van der Waals surface area contributed by atoms with E-state index in [1.807, 2.05) is 30.3 Å². The fourth-order valence-corrected chi connectivity index (χ4v) is 5.32. The van der Waals surface area contributed by atoms with E-state index in [1.165, 1.54) is 16.3 Å². The minimum atomic E-state index is -4.29. The highest BCUT2D eigenvalue weighted by Crippen LogP contribution is 2.53. The lowest BCUT2D eigenvalue weighted by Gasteiger charge is -2.27. The molecule has 0 saturated carbocycles. The van der Waals surface area contributed by atoms with Crippen molar-refractivity contribution in [3.63, 3.8) is 0 Å². The van der Waals surface area contributed by atoms with Gasteiger partial charge in [0.15, 0.2) is 22.5 Å². The van der Waals surface area contributed by atoms with E-state index in [0.29, 0.717) is 5.16 Å². The number of aromatic amines is 1. The van der Waals surface area contributed by atoms with Gasteiger partial charge in [-0.05, 0) is 12.1 Å². The summed E-state index contributed by atoms with van der Waals surface area (Å²) >= 11 is 1.23. The van der Waals surface area contributed by atoms with E-state index in [9.17, 15) is 19.4 Å². The Balaban J connectivity index is 1.63. The zero-order valence-electron chi connectivity index (χ0n) is 15.1. The summed E-state index contributed by atoms with van der Waals surface area (Å²) < 4.78 is 28.9. The van der Waals surface area contributed by atoms with Gasteiger partial charge in [-0.25, -0.2) is 9.55 Å². The van der Waals surface area contributed by atoms with Crippen LogP contribution in [0.4, 0.5) is 5.95 Å². The number of hydrogen-bond donors (Lipinski definition) is 4. The summed E-state index contributed by atoms with van der Waals surface area (Å²) in [5.41, 5.74) is 5.28. The molecule has 5 N–H and O–H groups in total. The van der Waals surface area contributed by atoms with Gasteiger partial charge in [-0.3, -0.25) is 23.4 Å². The van der Waals surface area contributed by atoms with E-state index in [1.54, 1.807) is 0 Å². The van der Waals surface area contributed by atoms with E-state index in [4.69, 9.17) is 19.5 Å². The van der Waals surface area contributed by atoms with E-state index in [0.717, 1.165) is 4.90 Å². The van der Waals surface area contributed by atoms with Crippen molar-refractivity contribution in [1.82, 2.24) is 19.5 Å². The maximum Gasteiger partial charge on any atom is 0.472 e. The topological polar surface area (TPSA) is 175 Å². The first kappa shape index (κ1) is 19.7. The number of anilines is 1. The molecule has 1 unspecified atom stereocenters. The number of aliphatic hydroxyl groups excluding tert-OH is 1. The summed E-state index contributed by atoms with van der Waals surface area (Å²) in [4.78, 5) is 33.7. The third kappa shape index (κ3) is 3.34. The molecule has 2 aromatic heterocycles. The SMILES string of the molecule is Nc1nc2c(nc(Sc3ccccc3)n2[C@@H]2O[C@@H]3COP(=O)(O)O[C@H]3[C@H]2O)c(=O)[nH]1. The number of H-pyrrole nitrogens is 1. The predicted molar refractivity (Wildman–Crippen MR) is 104 cm³/mol. The lowest BCUT2D eigenvalue weighted by molar-refractivity contribution is -0.0684. The van der Waals surface area contributed by atoms with Gasteiger partial charge in [-0.15, -0.1) is 0 Å². The number of aromatic nitrogens is 4. The van der Waals surface area contributed by atoms with Crippen LogP contribution in [0.25, 0.3) is 11.2 Å². The zero-order valence-corrected chi connectivity index (χ0v) is 16.8. The standard InChI is InChI=1S/C16H16N5O7PS/c17-15-19-12-9(13(23)20-15)18-16(30-7-4-2-1-3-5-7)21(12)14-10(22)11-8(27-14)6-26-29(24,25)28-11/h1-5,8,10-11,14,22H,6H2,(H,24,25)(H3,17,19,20,23)/t8-,10-,11-,14-/m1/s1. The number of hydrogen-bond acceptors (Lipinski definition) is 10. The van der Waals surface area contributed by atoms with Crippen LogP contribution in [0, 0.1) is 0 Å². The molecule has 158 valence electrons. The summed E-state index contributed by atoms with van der Waals surface area (Å²) in [6.07, 6.45) is -4.36. The van der Waals surface area contributed by atoms with Crippen LogP contribution in [0.5, 0.6) is 0 Å². The van der Waals surface area contributed by atoms with Crippen LogP contribution < -0.4 is 11.3 Å². The number of benzene rings is 1. The van der Waals surface area contributed by atoms with Crippen molar-refractivity contribution in [1.29, 1.82) is 0 Å². The lowest BCUT2D eigenvalue weighted by atomic mass is 10.1. The van der Waals surface area contributed by atoms with Crippen LogP contribution in [0.2, 0.25) is 0 Å². The van der Waals surface area contributed by atoms with Crippen molar-refractivity contribution in [2.45, 2.75) is 34.6 Å². The molecule has 2 fully saturated rings. The molecule has 5 rings (SSSR count). The predicted octanol–water partition coefficient (Wildman–Crippen LogP) is 0.627. The first-order valence-corrected chi connectivity index (χ1v) is 11.1. The van der Waals surface area contributed by atoms with E-state index < -0.39 is 37.9 Å². The van der Waals surface area contributed by atoms with Gasteiger partial charge in [0.25, 0.3) is 5.56 Å². The van der Waals surface area contributed by atoms with Crippen LogP contribution in [0.1, 0.15) is 6.23 Å². The number of nitrogens with zero attached hydrogens (tertiary/aromatic N) is 3. The van der Waals surface area contributed by atoms with Gasteiger partial charge in [0, 0.05) is 4.90 Å². The third-order valence-electron chi connectivity index (χ3n) is 4.71. The summed E-state index contributed by atoms with van der Waals surface area (Å²) in [5, 5.41) is 11.2. The summed E-state index contributed by atoms with van der Waals surface area (Å²) in [5.74, 6) is -0.130. The Hall–Kier alpha value is -2.25. The highest BCUT2D eigenvalue weighted by molar-refractivity contribution is 7.99. The Bertz CT molecular complexity index is 1220. The summed E-state index contributed by atoms with van der Waals surface area (Å²) in [7, 11) is -4.29. The smallest absolute Gasteiger partial charge is 0.386 e. The Morgan fingerprint density at radius 2 is 2.07 bits per heavy atom. The summed E-state index contributed by atoms with van der Waals surface area (Å²) in [6.45, 7) is -0.240. The van der Waals surface area contributed by atoms with Gasteiger partial charge in [-0.2, -0.15) is 4.98 Å². The molecule has 30 heavy (non-hydrogen) atoms. The van der Waals surface area contributed by atoms with E-state index in [2.05, 4.69) is 15.0 Å². The molecule has 2 aliphatic heterocycles. The number of phosphoric ester groups is 1. The lowest BCUT2D eigenvalue weighted by Crippen LogP contribution is -2.39. The van der Waals surface area contributed by atoms with Crippen molar-refractivity contribution in [3.8, 4) is 0 Å². The Morgan fingerprint density at radius 3 is 2.83 bits per heavy atom. The molecule has 4 heterocycles. The second kappa shape index (κ2) is 7.17. The van der Waals surface area contributed by atoms with Crippen LogP contribution in [0.3, 0.4) is 0 Å². The normalized spacial score (nSPS) is 31.1. The molecule has 2 aliphatic rings. The molecule has 0 aliphatic carbocycles. The maximum atomic E-state index is 12.4. The number of aliphatic hydroxyl groups is 1. The Kier molecular flexibility index (Phi) is 4.71. The third-order valence-corrected chi connectivity index (χ3v) is 6.67. The van der Waals surface area contributed by atoms with Crippen LogP contribution in [-0.4, -0.2) is 54.4 Å². The minimum Gasteiger partial charge on any atom is -0.386 e. The molecule has 2 saturated heterocycles. The maximum absolute atomic E-state index is 12.4. The van der Waals surface area contributed by atoms with Crippen molar-refractivity contribution < 1.29 is 28.3 Å². The molecule has 12 nitrogen and oxygen atoms in total. The Labute approximate surface area is 172 Å². The molecule has 0 amide bonds. The monoisotopic (exact) mass is 453 g/mol. The molecule has 1 aromatic carbocycles. The second-order valence-corrected chi connectivity index (χ2v) is 9.14. The van der Waals surface area contributed by atoms with Crippen molar-refractivity contribution in [3.05, 3.63) is 40.7 Å². The first-order chi connectivity index (χ1) is 14.3. The average Bonchev–Trinajstić information content (AvgIpc) is 3.19. The molecule has 5 atom stereocenters. The van der Waals surface area contributed by atoms with Crippen molar-refractivity contribution in [2.75, 3.05) is 12.3 Å².